The predicted octanol–water partition coefficient (Wildman–Crippen LogP) is 0.108. The van der Waals surface area contributed by atoms with Gasteiger partial charge in [-0.05, 0) is 23.6 Å². The maximum atomic E-state index is 13.3. The molecule has 0 spiro atoms. The lowest BCUT2D eigenvalue weighted by Crippen LogP contribution is -2.52. The first kappa shape index (κ1) is 19.9. The van der Waals surface area contributed by atoms with E-state index in [2.05, 4.69) is 15.3 Å². The number of hydrogen-bond donors (Lipinski definition) is 2. The van der Waals surface area contributed by atoms with Crippen LogP contribution in [0.1, 0.15) is 45.9 Å². The summed E-state index contributed by atoms with van der Waals surface area (Å²) in [6.07, 6.45) is 2.41. The van der Waals surface area contributed by atoms with Crippen LogP contribution in [-0.4, -0.2) is 62.5 Å². The van der Waals surface area contributed by atoms with Crippen molar-refractivity contribution in [3.63, 3.8) is 0 Å². The number of piperidine rings is 1. The van der Waals surface area contributed by atoms with Crippen molar-refractivity contribution in [1.82, 2.24) is 24.9 Å². The van der Waals surface area contributed by atoms with Crippen LogP contribution in [0.4, 0.5) is 0 Å². The third-order valence-electron chi connectivity index (χ3n) is 6.71. The first-order valence-corrected chi connectivity index (χ1v) is 10.6. The van der Waals surface area contributed by atoms with Gasteiger partial charge in [0.2, 0.25) is 11.8 Å². The molecule has 5 rings (SSSR count). The number of aromatic nitrogens is 2. The molecular formula is C22H26N6O3. The summed E-state index contributed by atoms with van der Waals surface area (Å²) in [5, 5.41) is 6.62. The first-order chi connectivity index (χ1) is 14.9. The van der Waals surface area contributed by atoms with Gasteiger partial charge in [0.25, 0.3) is 5.91 Å². The number of imide groups is 1. The molecule has 4 heterocycles. The Bertz CT molecular complexity index is 1060. The molecule has 1 unspecified atom stereocenters. The van der Waals surface area contributed by atoms with Crippen LogP contribution in [0.25, 0.3) is 0 Å². The monoisotopic (exact) mass is 422 g/mol. The Hall–Kier alpha value is -3.04. The lowest BCUT2D eigenvalue weighted by molar-refractivity contribution is -0.136. The maximum absolute atomic E-state index is 13.3. The fraction of sp³-hybridized carbons (Fsp3) is 0.455. The van der Waals surface area contributed by atoms with E-state index in [0.29, 0.717) is 25.1 Å². The van der Waals surface area contributed by atoms with Crippen LogP contribution in [0, 0.1) is 0 Å². The number of aryl methyl sites for hydroxylation is 1. The smallest absolute Gasteiger partial charge is 0.255 e. The Morgan fingerprint density at radius 2 is 2.03 bits per heavy atom. The average molecular weight is 422 g/mol. The highest BCUT2D eigenvalue weighted by molar-refractivity contribution is 6.06. The summed E-state index contributed by atoms with van der Waals surface area (Å²) >= 11 is 0. The molecule has 0 aliphatic carbocycles. The van der Waals surface area contributed by atoms with Crippen molar-refractivity contribution in [2.45, 2.75) is 43.9 Å². The molecule has 9 nitrogen and oxygen atoms in total. The van der Waals surface area contributed by atoms with Gasteiger partial charge in [0, 0.05) is 69.1 Å². The van der Waals surface area contributed by atoms with Crippen LogP contribution >= 0.6 is 0 Å². The molecule has 2 aromatic rings. The lowest BCUT2D eigenvalue weighted by Gasteiger charge is -2.29. The molecule has 3 N–H and O–H groups in total. The van der Waals surface area contributed by atoms with Gasteiger partial charge in [-0.15, -0.1) is 0 Å². The van der Waals surface area contributed by atoms with Crippen LogP contribution < -0.4 is 11.1 Å². The summed E-state index contributed by atoms with van der Waals surface area (Å²) in [4.78, 5) is 41.0. The minimum Gasteiger partial charge on any atom is -0.326 e. The number of amides is 3. The summed E-state index contributed by atoms with van der Waals surface area (Å²) in [5.74, 6) is -0.602. The number of carbonyl (C=O) groups is 3. The SMILES string of the molecule is Cn1nccc1[C@@H]1CN(Cc2cccc3c2C(=O)N(C2CCC(=O)NC2=O)C3)C[C@H]1N. The minimum absolute atomic E-state index is 0.00262. The van der Waals surface area contributed by atoms with E-state index in [9.17, 15) is 14.4 Å². The Morgan fingerprint density at radius 3 is 2.77 bits per heavy atom. The topological polar surface area (TPSA) is 114 Å². The molecule has 3 aliphatic rings. The number of benzene rings is 1. The van der Waals surface area contributed by atoms with Gasteiger partial charge in [0.15, 0.2) is 0 Å². The molecule has 0 bridgehead atoms. The summed E-state index contributed by atoms with van der Waals surface area (Å²) in [6, 6.07) is 7.30. The quantitative estimate of drug-likeness (QED) is 0.676. The van der Waals surface area contributed by atoms with Crippen LogP contribution in [-0.2, 0) is 29.7 Å². The molecule has 1 aromatic carbocycles. The number of nitrogens with zero attached hydrogens (tertiary/aromatic N) is 4. The highest BCUT2D eigenvalue weighted by Gasteiger charge is 2.40. The summed E-state index contributed by atoms with van der Waals surface area (Å²) in [5.41, 5.74) is 10.1. The third-order valence-corrected chi connectivity index (χ3v) is 6.71. The summed E-state index contributed by atoms with van der Waals surface area (Å²) in [7, 11) is 1.93. The normalized spacial score (nSPS) is 26.5. The molecule has 9 heteroatoms. The van der Waals surface area contributed by atoms with E-state index in [1.807, 2.05) is 36.0 Å². The van der Waals surface area contributed by atoms with Gasteiger partial charge in [-0.25, -0.2) is 0 Å². The maximum Gasteiger partial charge on any atom is 0.255 e. The van der Waals surface area contributed by atoms with Crippen molar-refractivity contribution in [2.75, 3.05) is 13.1 Å². The Morgan fingerprint density at radius 1 is 1.19 bits per heavy atom. The largest absolute Gasteiger partial charge is 0.326 e. The molecule has 3 amide bonds. The van der Waals surface area contributed by atoms with Crippen LogP contribution in [0.2, 0.25) is 0 Å². The summed E-state index contributed by atoms with van der Waals surface area (Å²) in [6.45, 7) is 2.56. The van der Waals surface area contributed by atoms with Crippen molar-refractivity contribution < 1.29 is 14.4 Å². The molecule has 2 fully saturated rings. The number of carbonyl (C=O) groups excluding carboxylic acids is 3. The number of rotatable bonds is 4. The van der Waals surface area contributed by atoms with E-state index in [4.69, 9.17) is 5.73 Å². The second kappa shape index (κ2) is 7.58. The van der Waals surface area contributed by atoms with Gasteiger partial charge in [-0.3, -0.25) is 29.3 Å². The van der Waals surface area contributed by atoms with Gasteiger partial charge in [-0.2, -0.15) is 5.10 Å². The summed E-state index contributed by atoms with van der Waals surface area (Å²) < 4.78 is 1.87. The Balaban J connectivity index is 1.34. The second-order valence-corrected chi connectivity index (χ2v) is 8.70. The number of likely N-dealkylation sites (tertiary alicyclic amines) is 1. The number of fused-ring (bicyclic) bond motifs is 1. The Labute approximate surface area is 180 Å². The highest BCUT2D eigenvalue weighted by atomic mass is 16.2. The lowest BCUT2D eigenvalue weighted by atomic mass is 10.0. The molecule has 0 saturated carbocycles. The molecule has 3 aliphatic heterocycles. The van der Waals surface area contributed by atoms with Gasteiger partial charge in [0.1, 0.15) is 6.04 Å². The van der Waals surface area contributed by atoms with Crippen molar-refractivity contribution in [3.05, 3.63) is 52.8 Å². The Kier molecular flexibility index (Phi) is 4.86. The van der Waals surface area contributed by atoms with E-state index < -0.39 is 6.04 Å². The standard InChI is InChI=1S/C22H26N6O3/c1-26-17(7-8-24-26)15-11-27(12-16(15)23)9-13-3-2-4-14-10-28(22(31)20(13)14)18-5-6-19(29)25-21(18)30/h2-4,7-8,15-16,18H,5-6,9-12,23H2,1H3,(H,25,29,30)/t15-,16-,18?/m1/s1. The minimum atomic E-state index is -0.597. The van der Waals surface area contributed by atoms with E-state index >= 15 is 0 Å². The van der Waals surface area contributed by atoms with Gasteiger partial charge < -0.3 is 10.6 Å². The van der Waals surface area contributed by atoms with Crippen molar-refractivity contribution in [1.29, 1.82) is 0 Å². The molecule has 2 saturated heterocycles. The molecule has 3 atom stereocenters. The zero-order chi connectivity index (χ0) is 21.7. The number of hydrogen-bond acceptors (Lipinski definition) is 6. The fourth-order valence-corrected chi connectivity index (χ4v) is 5.17. The van der Waals surface area contributed by atoms with Crippen LogP contribution in [0.5, 0.6) is 0 Å². The molecular weight excluding hydrogens is 396 g/mol. The third kappa shape index (κ3) is 3.43. The number of nitrogens with one attached hydrogen (secondary N) is 1. The predicted molar refractivity (Wildman–Crippen MR) is 112 cm³/mol. The van der Waals surface area contributed by atoms with Gasteiger partial charge in [0.05, 0.1) is 0 Å². The molecule has 31 heavy (non-hydrogen) atoms. The highest BCUT2D eigenvalue weighted by Crippen LogP contribution is 2.32. The van der Waals surface area contributed by atoms with Crippen molar-refractivity contribution >= 4 is 17.7 Å². The van der Waals surface area contributed by atoms with Gasteiger partial charge in [-0.1, -0.05) is 18.2 Å². The van der Waals surface area contributed by atoms with Crippen molar-refractivity contribution in [3.8, 4) is 0 Å². The van der Waals surface area contributed by atoms with E-state index in [1.165, 1.54) is 0 Å². The fourth-order valence-electron chi connectivity index (χ4n) is 5.17. The number of nitrogens with two attached hydrogens (primary N) is 1. The first-order valence-electron chi connectivity index (χ1n) is 10.6. The molecule has 0 radical (unpaired) electrons. The molecule has 1 aromatic heterocycles. The molecule has 162 valence electrons. The van der Waals surface area contributed by atoms with E-state index in [0.717, 1.165) is 29.9 Å². The zero-order valence-corrected chi connectivity index (χ0v) is 17.5. The zero-order valence-electron chi connectivity index (χ0n) is 17.5. The van der Waals surface area contributed by atoms with E-state index in [-0.39, 0.29) is 36.1 Å². The van der Waals surface area contributed by atoms with Crippen LogP contribution in [0.3, 0.4) is 0 Å². The van der Waals surface area contributed by atoms with Crippen LogP contribution in [0.15, 0.2) is 30.5 Å². The van der Waals surface area contributed by atoms with Gasteiger partial charge >= 0.3 is 0 Å². The van der Waals surface area contributed by atoms with Crippen molar-refractivity contribution in [2.24, 2.45) is 12.8 Å². The average Bonchev–Trinajstić information content (AvgIpc) is 3.40. The van der Waals surface area contributed by atoms with E-state index in [1.54, 1.807) is 11.1 Å². The second-order valence-electron chi connectivity index (χ2n) is 8.70.